The number of hydrogen-bond acceptors (Lipinski definition) is 2. The van der Waals surface area contributed by atoms with Crippen LogP contribution in [0, 0.1) is 6.92 Å². The Hall–Kier alpha value is -0.860. The maximum absolute atomic E-state index is 5.47. The Kier molecular flexibility index (Phi) is 6.12. The summed E-state index contributed by atoms with van der Waals surface area (Å²) in [5.41, 5.74) is 8.22. The fourth-order valence-corrected chi connectivity index (χ4v) is 1.90. The van der Waals surface area contributed by atoms with E-state index in [1.807, 2.05) is 0 Å². The molecule has 2 N–H and O–H groups in total. The maximum atomic E-state index is 5.47. The molecule has 0 aromatic heterocycles. The average molecular weight is 220 g/mol. The van der Waals surface area contributed by atoms with Gasteiger partial charge in [-0.05, 0) is 45.5 Å². The van der Waals surface area contributed by atoms with E-state index < -0.39 is 0 Å². The molecular weight excluding hydrogens is 196 g/mol. The van der Waals surface area contributed by atoms with E-state index in [-0.39, 0.29) is 0 Å². The average Bonchev–Trinajstić information content (AvgIpc) is 2.24. The Bertz CT molecular complexity index is 297. The molecule has 0 saturated heterocycles. The quantitative estimate of drug-likeness (QED) is 0.716. The van der Waals surface area contributed by atoms with Gasteiger partial charge in [0.1, 0.15) is 0 Å². The normalized spacial score (nSPS) is 11.0. The van der Waals surface area contributed by atoms with Crippen LogP contribution in [0.15, 0.2) is 24.3 Å². The SMILES string of the molecule is Cc1cccc(CN(C)CCCCCN)c1. The molecule has 0 fully saturated rings. The molecule has 0 radical (unpaired) electrons. The van der Waals surface area contributed by atoms with Crippen molar-refractivity contribution in [3.63, 3.8) is 0 Å². The van der Waals surface area contributed by atoms with Crippen molar-refractivity contribution in [3.05, 3.63) is 35.4 Å². The first-order chi connectivity index (χ1) is 7.72. The van der Waals surface area contributed by atoms with Gasteiger partial charge in [0, 0.05) is 6.54 Å². The molecular formula is C14H24N2. The van der Waals surface area contributed by atoms with E-state index >= 15 is 0 Å². The summed E-state index contributed by atoms with van der Waals surface area (Å²) >= 11 is 0. The molecule has 0 bridgehead atoms. The van der Waals surface area contributed by atoms with Gasteiger partial charge in [-0.25, -0.2) is 0 Å². The molecule has 0 aliphatic rings. The van der Waals surface area contributed by atoms with Gasteiger partial charge in [-0.1, -0.05) is 36.2 Å². The highest BCUT2D eigenvalue weighted by atomic mass is 15.1. The molecule has 16 heavy (non-hydrogen) atoms. The zero-order valence-corrected chi connectivity index (χ0v) is 10.6. The van der Waals surface area contributed by atoms with Crippen molar-refractivity contribution in [1.82, 2.24) is 4.90 Å². The summed E-state index contributed by atoms with van der Waals surface area (Å²) in [7, 11) is 2.19. The lowest BCUT2D eigenvalue weighted by Gasteiger charge is -2.16. The van der Waals surface area contributed by atoms with Crippen LogP contribution in [-0.4, -0.2) is 25.0 Å². The van der Waals surface area contributed by atoms with Gasteiger partial charge in [-0.2, -0.15) is 0 Å². The predicted molar refractivity (Wildman–Crippen MR) is 70.4 cm³/mol. The Morgan fingerprint density at radius 2 is 2.00 bits per heavy atom. The fourth-order valence-electron chi connectivity index (χ4n) is 1.90. The molecule has 2 heteroatoms. The highest BCUT2D eigenvalue weighted by Crippen LogP contribution is 2.07. The molecule has 90 valence electrons. The molecule has 0 aliphatic carbocycles. The number of unbranched alkanes of at least 4 members (excludes halogenated alkanes) is 2. The highest BCUT2D eigenvalue weighted by molar-refractivity contribution is 5.21. The van der Waals surface area contributed by atoms with E-state index in [1.165, 1.54) is 24.0 Å². The molecule has 1 aromatic rings. The summed E-state index contributed by atoms with van der Waals surface area (Å²) < 4.78 is 0. The van der Waals surface area contributed by atoms with Crippen molar-refractivity contribution in [2.45, 2.75) is 32.7 Å². The Morgan fingerprint density at radius 3 is 2.69 bits per heavy atom. The third-order valence-electron chi connectivity index (χ3n) is 2.78. The number of benzene rings is 1. The molecule has 0 unspecified atom stereocenters. The maximum Gasteiger partial charge on any atom is 0.0230 e. The van der Waals surface area contributed by atoms with Crippen molar-refractivity contribution in [1.29, 1.82) is 0 Å². The third kappa shape index (κ3) is 5.29. The summed E-state index contributed by atoms with van der Waals surface area (Å²) in [6, 6.07) is 8.73. The second-order valence-electron chi connectivity index (χ2n) is 4.58. The van der Waals surface area contributed by atoms with Crippen LogP contribution in [0.25, 0.3) is 0 Å². The molecule has 0 saturated carbocycles. The first-order valence-corrected chi connectivity index (χ1v) is 6.16. The van der Waals surface area contributed by atoms with Crippen LogP contribution in [0.3, 0.4) is 0 Å². The van der Waals surface area contributed by atoms with Crippen LogP contribution < -0.4 is 5.73 Å². The topological polar surface area (TPSA) is 29.3 Å². The van der Waals surface area contributed by atoms with Crippen molar-refractivity contribution in [2.24, 2.45) is 5.73 Å². The van der Waals surface area contributed by atoms with E-state index in [0.29, 0.717) is 0 Å². The first kappa shape index (κ1) is 13.2. The second-order valence-corrected chi connectivity index (χ2v) is 4.58. The first-order valence-electron chi connectivity index (χ1n) is 6.16. The Balaban J connectivity index is 2.25. The lowest BCUT2D eigenvalue weighted by molar-refractivity contribution is 0.317. The van der Waals surface area contributed by atoms with Crippen molar-refractivity contribution >= 4 is 0 Å². The summed E-state index contributed by atoms with van der Waals surface area (Å²) in [6.07, 6.45) is 3.65. The van der Waals surface area contributed by atoms with E-state index in [1.54, 1.807) is 0 Å². The minimum atomic E-state index is 0.821. The van der Waals surface area contributed by atoms with Crippen LogP contribution in [0.2, 0.25) is 0 Å². The van der Waals surface area contributed by atoms with E-state index in [4.69, 9.17) is 5.73 Å². The smallest absolute Gasteiger partial charge is 0.0230 e. The van der Waals surface area contributed by atoms with Crippen molar-refractivity contribution < 1.29 is 0 Å². The van der Waals surface area contributed by atoms with Crippen LogP contribution in [0.4, 0.5) is 0 Å². The van der Waals surface area contributed by atoms with Gasteiger partial charge in [0.25, 0.3) is 0 Å². The summed E-state index contributed by atoms with van der Waals surface area (Å²) in [5.74, 6) is 0. The molecule has 0 aliphatic heterocycles. The van der Waals surface area contributed by atoms with Gasteiger partial charge in [0.15, 0.2) is 0 Å². The van der Waals surface area contributed by atoms with Crippen molar-refractivity contribution in [2.75, 3.05) is 20.1 Å². The van der Waals surface area contributed by atoms with Gasteiger partial charge in [-0.3, -0.25) is 0 Å². The number of aryl methyl sites for hydroxylation is 1. The number of nitrogens with zero attached hydrogens (tertiary/aromatic N) is 1. The third-order valence-corrected chi connectivity index (χ3v) is 2.78. The number of rotatable bonds is 7. The molecule has 0 heterocycles. The molecule has 2 nitrogen and oxygen atoms in total. The zero-order valence-electron chi connectivity index (χ0n) is 10.6. The minimum Gasteiger partial charge on any atom is -0.330 e. The monoisotopic (exact) mass is 220 g/mol. The van der Waals surface area contributed by atoms with Gasteiger partial charge in [0.2, 0.25) is 0 Å². The minimum absolute atomic E-state index is 0.821. The largest absolute Gasteiger partial charge is 0.330 e. The highest BCUT2D eigenvalue weighted by Gasteiger charge is 2.00. The van der Waals surface area contributed by atoms with E-state index in [9.17, 15) is 0 Å². The summed E-state index contributed by atoms with van der Waals surface area (Å²) in [5, 5.41) is 0. The van der Waals surface area contributed by atoms with Gasteiger partial charge < -0.3 is 10.6 Å². The van der Waals surface area contributed by atoms with Gasteiger partial charge >= 0.3 is 0 Å². The standard InChI is InChI=1S/C14H24N2/c1-13-7-6-8-14(11-13)12-16(2)10-5-3-4-9-15/h6-8,11H,3-5,9-10,12,15H2,1-2H3. The van der Waals surface area contributed by atoms with Gasteiger partial charge in [-0.15, -0.1) is 0 Å². The lowest BCUT2D eigenvalue weighted by Crippen LogP contribution is -2.19. The zero-order chi connectivity index (χ0) is 11.8. The summed E-state index contributed by atoms with van der Waals surface area (Å²) in [6.45, 7) is 5.17. The molecule has 0 spiro atoms. The van der Waals surface area contributed by atoms with E-state index in [0.717, 1.165) is 26.1 Å². The number of hydrogen-bond donors (Lipinski definition) is 1. The van der Waals surface area contributed by atoms with Crippen LogP contribution in [-0.2, 0) is 6.54 Å². The molecule has 1 aromatic carbocycles. The van der Waals surface area contributed by atoms with Crippen LogP contribution >= 0.6 is 0 Å². The Morgan fingerprint density at radius 1 is 1.19 bits per heavy atom. The molecule has 0 atom stereocenters. The predicted octanol–water partition coefficient (Wildman–Crippen LogP) is 2.56. The molecule has 1 rings (SSSR count). The summed E-state index contributed by atoms with van der Waals surface area (Å²) in [4.78, 5) is 2.38. The van der Waals surface area contributed by atoms with Gasteiger partial charge in [0.05, 0.1) is 0 Å². The Labute approximate surface area is 99.5 Å². The lowest BCUT2D eigenvalue weighted by atomic mass is 10.1. The van der Waals surface area contributed by atoms with Crippen LogP contribution in [0.5, 0.6) is 0 Å². The molecule has 0 amide bonds. The second kappa shape index (κ2) is 7.42. The fraction of sp³-hybridized carbons (Fsp3) is 0.571. The van der Waals surface area contributed by atoms with Crippen molar-refractivity contribution in [3.8, 4) is 0 Å². The van der Waals surface area contributed by atoms with Crippen LogP contribution in [0.1, 0.15) is 30.4 Å². The number of nitrogens with two attached hydrogens (primary N) is 1. The van der Waals surface area contributed by atoms with E-state index in [2.05, 4.69) is 43.1 Å².